The van der Waals surface area contributed by atoms with E-state index in [-0.39, 0.29) is 5.56 Å². The summed E-state index contributed by atoms with van der Waals surface area (Å²) in [6, 6.07) is 10.2. The largest absolute Gasteiger partial charge is 0.478 e. The number of benzene rings is 1. The first-order valence-electron chi connectivity index (χ1n) is 7.51. The molecule has 0 saturated heterocycles. The lowest BCUT2D eigenvalue weighted by Crippen LogP contribution is -2.00. The smallest absolute Gasteiger partial charge is 0.335 e. The third kappa shape index (κ3) is 4.55. The van der Waals surface area contributed by atoms with Crippen molar-refractivity contribution in [2.24, 2.45) is 0 Å². The van der Waals surface area contributed by atoms with Crippen LogP contribution >= 0.6 is 0 Å². The molecule has 0 aliphatic carbocycles. The van der Waals surface area contributed by atoms with E-state index in [1.807, 2.05) is 6.07 Å². The molecule has 1 aromatic carbocycles. The predicted octanol–water partition coefficient (Wildman–Crippen LogP) is 3.80. The van der Waals surface area contributed by atoms with Crippen molar-refractivity contribution in [3.05, 3.63) is 42.0 Å². The van der Waals surface area contributed by atoms with Crippen LogP contribution in [0.5, 0.6) is 5.88 Å². The van der Waals surface area contributed by atoms with Crippen LogP contribution in [-0.2, 0) is 0 Å². The SMILES string of the molecule is CCCCCCOc1ccc(-c2ccc(C(=O)O)cc2)nn1. The molecular formula is C17H20N2O3. The van der Waals surface area contributed by atoms with Crippen molar-refractivity contribution < 1.29 is 14.6 Å². The van der Waals surface area contributed by atoms with Crippen molar-refractivity contribution in [1.82, 2.24) is 10.2 Å². The van der Waals surface area contributed by atoms with Crippen molar-refractivity contribution in [2.75, 3.05) is 6.61 Å². The van der Waals surface area contributed by atoms with Crippen LogP contribution in [0.25, 0.3) is 11.3 Å². The number of aromatic nitrogens is 2. The van der Waals surface area contributed by atoms with Crippen LogP contribution in [0.1, 0.15) is 43.0 Å². The van der Waals surface area contributed by atoms with Crippen LogP contribution in [-0.4, -0.2) is 27.9 Å². The average molecular weight is 300 g/mol. The maximum absolute atomic E-state index is 10.8. The Morgan fingerprint density at radius 3 is 2.41 bits per heavy atom. The second-order valence-electron chi connectivity index (χ2n) is 5.05. The summed E-state index contributed by atoms with van der Waals surface area (Å²) in [4.78, 5) is 10.8. The number of carboxylic acids is 1. The van der Waals surface area contributed by atoms with Crippen LogP contribution in [0.2, 0.25) is 0 Å². The van der Waals surface area contributed by atoms with Gasteiger partial charge in [0.2, 0.25) is 5.88 Å². The average Bonchev–Trinajstić information content (AvgIpc) is 2.55. The molecule has 1 N–H and O–H groups in total. The van der Waals surface area contributed by atoms with E-state index >= 15 is 0 Å². The van der Waals surface area contributed by atoms with E-state index < -0.39 is 5.97 Å². The van der Waals surface area contributed by atoms with Gasteiger partial charge < -0.3 is 9.84 Å². The minimum absolute atomic E-state index is 0.253. The number of carboxylic acid groups (broad SMARTS) is 1. The number of rotatable bonds is 8. The molecule has 2 aromatic rings. The zero-order chi connectivity index (χ0) is 15.8. The van der Waals surface area contributed by atoms with Gasteiger partial charge >= 0.3 is 5.97 Å². The van der Waals surface area contributed by atoms with Crippen LogP contribution in [0.4, 0.5) is 0 Å². The first-order valence-corrected chi connectivity index (χ1v) is 7.51. The number of ether oxygens (including phenoxy) is 1. The Bertz CT molecular complexity index is 594. The summed E-state index contributed by atoms with van der Waals surface area (Å²) in [5, 5.41) is 17.0. The van der Waals surface area contributed by atoms with Crippen molar-refractivity contribution >= 4 is 5.97 Å². The van der Waals surface area contributed by atoms with Crippen LogP contribution in [0.15, 0.2) is 36.4 Å². The van der Waals surface area contributed by atoms with E-state index in [1.165, 1.54) is 12.8 Å². The van der Waals surface area contributed by atoms with Crippen molar-refractivity contribution in [3.8, 4) is 17.1 Å². The lowest BCUT2D eigenvalue weighted by atomic mass is 10.1. The number of aromatic carboxylic acids is 1. The second-order valence-corrected chi connectivity index (χ2v) is 5.05. The van der Waals surface area contributed by atoms with Gasteiger partial charge in [0.1, 0.15) is 0 Å². The molecular weight excluding hydrogens is 280 g/mol. The summed E-state index contributed by atoms with van der Waals surface area (Å²) >= 11 is 0. The van der Waals surface area contributed by atoms with Crippen molar-refractivity contribution in [2.45, 2.75) is 32.6 Å². The first-order chi connectivity index (χ1) is 10.7. The second kappa shape index (κ2) is 8.12. The summed E-state index contributed by atoms with van der Waals surface area (Å²) in [6.07, 6.45) is 4.61. The normalized spacial score (nSPS) is 10.4. The topological polar surface area (TPSA) is 72.3 Å². The Morgan fingerprint density at radius 2 is 1.82 bits per heavy atom. The van der Waals surface area contributed by atoms with E-state index in [1.54, 1.807) is 30.3 Å². The number of hydrogen-bond donors (Lipinski definition) is 1. The zero-order valence-electron chi connectivity index (χ0n) is 12.7. The van der Waals surface area contributed by atoms with Gasteiger partial charge in [0, 0.05) is 11.6 Å². The third-order valence-electron chi connectivity index (χ3n) is 3.32. The Morgan fingerprint density at radius 1 is 1.05 bits per heavy atom. The van der Waals surface area contributed by atoms with Gasteiger partial charge in [-0.05, 0) is 24.6 Å². The van der Waals surface area contributed by atoms with Gasteiger partial charge in [-0.2, -0.15) is 0 Å². The fraction of sp³-hybridized carbons (Fsp3) is 0.353. The monoisotopic (exact) mass is 300 g/mol. The summed E-state index contributed by atoms with van der Waals surface area (Å²) < 4.78 is 5.54. The molecule has 22 heavy (non-hydrogen) atoms. The highest BCUT2D eigenvalue weighted by Gasteiger charge is 2.05. The molecule has 0 fully saturated rings. The first kappa shape index (κ1) is 15.9. The van der Waals surface area contributed by atoms with Gasteiger partial charge in [-0.25, -0.2) is 4.79 Å². The highest BCUT2D eigenvalue weighted by molar-refractivity contribution is 5.88. The molecule has 0 spiro atoms. The summed E-state index contributed by atoms with van der Waals surface area (Å²) in [7, 11) is 0. The van der Waals surface area contributed by atoms with Crippen molar-refractivity contribution in [1.29, 1.82) is 0 Å². The Hall–Kier alpha value is -2.43. The minimum atomic E-state index is -0.940. The number of nitrogens with zero attached hydrogens (tertiary/aromatic N) is 2. The molecule has 0 aliphatic rings. The number of unbranched alkanes of at least 4 members (excludes halogenated alkanes) is 3. The standard InChI is InChI=1S/C17H20N2O3/c1-2-3-4-5-12-22-16-11-10-15(18-19-16)13-6-8-14(9-7-13)17(20)21/h6-11H,2-5,12H2,1H3,(H,20,21). The number of carbonyl (C=O) groups is 1. The maximum Gasteiger partial charge on any atom is 0.335 e. The third-order valence-corrected chi connectivity index (χ3v) is 3.32. The highest BCUT2D eigenvalue weighted by Crippen LogP contribution is 2.18. The van der Waals surface area contributed by atoms with E-state index in [2.05, 4.69) is 17.1 Å². The lowest BCUT2D eigenvalue weighted by molar-refractivity contribution is 0.0697. The molecule has 0 bridgehead atoms. The van der Waals surface area contributed by atoms with Crippen LogP contribution in [0.3, 0.4) is 0 Å². The molecule has 2 rings (SSSR count). The predicted molar refractivity (Wildman–Crippen MR) is 84.1 cm³/mol. The highest BCUT2D eigenvalue weighted by atomic mass is 16.5. The molecule has 0 unspecified atom stereocenters. The molecule has 0 aliphatic heterocycles. The molecule has 1 aromatic heterocycles. The quantitative estimate of drug-likeness (QED) is 0.751. The molecule has 5 nitrogen and oxygen atoms in total. The fourth-order valence-corrected chi connectivity index (χ4v) is 2.04. The van der Waals surface area contributed by atoms with Crippen molar-refractivity contribution in [3.63, 3.8) is 0 Å². The van der Waals surface area contributed by atoms with Gasteiger partial charge in [-0.3, -0.25) is 0 Å². The molecule has 0 atom stereocenters. The molecule has 1 heterocycles. The molecule has 116 valence electrons. The summed E-state index contributed by atoms with van der Waals surface area (Å²) in [5.74, 6) is -0.424. The van der Waals surface area contributed by atoms with Crippen LogP contribution < -0.4 is 4.74 Å². The minimum Gasteiger partial charge on any atom is -0.478 e. The van der Waals surface area contributed by atoms with Gasteiger partial charge in [0.25, 0.3) is 0 Å². The summed E-state index contributed by atoms with van der Waals surface area (Å²) in [5.41, 5.74) is 1.77. The Kier molecular flexibility index (Phi) is 5.89. The summed E-state index contributed by atoms with van der Waals surface area (Å²) in [6.45, 7) is 2.83. The van der Waals surface area contributed by atoms with Gasteiger partial charge in [0.15, 0.2) is 0 Å². The Labute approximate surface area is 130 Å². The molecule has 0 saturated carbocycles. The molecule has 0 radical (unpaired) electrons. The van der Waals surface area contributed by atoms with Crippen LogP contribution in [0, 0.1) is 0 Å². The van der Waals surface area contributed by atoms with Gasteiger partial charge in [-0.15, -0.1) is 10.2 Å². The van der Waals surface area contributed by atoms with E-state index in [0.29, 0.717) is 18.2 Å². The van der Waals surface area contributed by atoms with Gasteiger partial charge in [-0.1, -0.05) is 38.3 Å². The fourth-order valence-electron chi connectivity index (χ4n) is 2.04. The lowest BCUT2D eigenvalue weighted by Gasteiger charge is -2.05. The molecule has 0 amide bonds. The van der Waals surface area contributed by atoms with E-state index in [0.717, 1.165) is 18.4 Å². The van der Waals surface area contributed by atoms with E-state index in [4.69, 9.17) is 9.84 Å². The van der Waals surface area contributed by atoms with E-state index in [9.17, 15) is 4.79 Å². The Balaban J connectivity index is 1.92. The maximum atomic E-state index is 10.8. The van der Waals surface area contributed by atoms with Gasteiger partial charge in [0.05, 0.1) is 17.9 Å². The number of hydrogen-bond acceptors (Lipinski definition) is 4. The zero-order valence-corrected chi connectivity index (χ0v) is 12.7. The molecule has 5 heteroatoms.